The highest BCUT2D eigenvalue weighted by Gasteiger charge is 2.40. The predicted molar refractivity (Wildman–Crippen MR) is 133 cm³/mol. The predicted octanol–water partition coefficient (Wildman–Crippen LogP) is 5.92. The van der Waals surface area contributed by atoms with Crippen LogP contribution in [0.25, 0.3) is 0 Å². The van der Waals surface area contributed by atoms with E-state index < -0.39 is 23.5 Å². The number of likely N-dealkylation sites (tertiary alicyclic amines) is 1. The molecule has 1 aliphatic heterocycles. The van der Waals surface area contributed by atoms with Crippen LogP contribution in [0.5, 0.6) is 0 Å². The molecule has 0 saturated carbocycles. The van der Waals surface area contributed by atoms with Crippen molar-refractivity contribution in [1.82, 2.24) is 19.8 Å². The summed E-state index contributed by atoms with van der Waals surface area (Å²) in [5.74, 6) is -2.17. The second kappa shape index (κ2) is 10.6. The van der Waals surface area contributed by atoms with Gasteiger partial charge in [-0.3, -0.25) is 9.69 Å². The molecule has 0 bridgehead atoms. The van der Waals surface area contributed by atoms with Crippen molar-refractivity contribution in [3.8, 4) is 0 Å². The first kappa shape index (κ1) is 27.4. The van der Waals surface area contributed by atoms with Crippen LogP contribution < -0.4 is 5.73 Å². The number of nitrogens with two attached hydrogens (primary N) is 1. The molecule has 0 unspecified atom stereocenters. The maximum Gasteiger partial charge on any atom is 0.419 e. The van der Waals surface area contributed by atoms with Crippen LogP contribution in [0.3, 0.4) is 0 Å². The Hall–Kier alpha value is -2.66. The van der Waals surface area contributed by atoms with Crippen molar-refractivity contribution in [2.45, 2.75) is 24.7 Å². The highest BCUT2D eigenvalue weighted by Crippen LogP contribution is 2.36. The Morgan fingerprint density at radius 3 is 2.49 bits per heavy atom. The van der Waals surface area contributed by atoms with Crippen LogP contribution >= 0.6 is 34.8 Å². The van der Waals surface area contributed by atoms with Gasteiger partial charge in [0.1, 0.15) is 5.82 Å². The number of nitrogens with zero attached hydrogens (tertiary/aromatic N) is 4. The molecular formula is C24H20Cl3F4N5O. The second-order valence-electron chi connectivity index (χ2n) is 8.71. The van der Waals surface area contributed by atoms with Gasteiger partial charge in [-0.1, -0.05) is 46.9 Å². The quantitative estimate of drug-likeness (QED) is 0.382. The summed E-state index contributed by atoms with van der Waals surface area (Å²) in [5, 5.41) is 0.744. The Labute approximate surface area is 224 Å². The molecule has 1 fully saturated rings. The van der Waals surface area contributed by atoms with Crippen molar-refractivity contribution in [1.29, 1.82) is 0 Å². The summed E-state index contributed by atoms with van der Waals surface area (Å²) in [6.07, 6.45) is -3.54. The van der Waals surface area contributed by atoms with Crippen LogP contribution in [0.15, 0.2) is 42.6 Å². The number of carbonyl (C=O) groups is 1. The summed E-state index contributed by atoms with van der Waals surface area (Å²) in [4.78, 5) is 24.4. The summed E-state index contributed by atoms with van der Waals surface area (Å²) >= 11 is 18.5. The van der Waals surface area contributed by atoms with E-state index in [4.69, 9.17) is 40.5 Å². The zero-order chi connectivity index (χ0) is 27.1. The van der Waals surface area contributed by atoms with Crippen LogP contribution in [0.4, 0.5) is 23.5 Å². The van der Waals surface area contributed by atoms with E-state index in [2.05, 4.69) is 9.97 Å². The van der Waals surface area contributed by atoms with Gasteiger partial charge in [-0.05, 0) is 42.4 Å². The molecule has 2 N–H and O–H groups in total. The molecule has 1 amide bonds. The summed E-state index contributed by atoms with van der Waals surface area (Å²) in [7, 11) is 1.74. The average Bonchev–Trinajstić information content (AvgIpc) is 3.27. The second-order valence-corrected chi connectivity index (χ2v) is 9.93. The van der Waals surface area contributed by atoms with E-state index in [-0.39, 0.29) is 48.3 Å². The van der Waals surface area contributed by atoms with Gasteiger partial charge in [0.05, 0.1) is 26.8 Å². The van der Waals surface area contributed by atoms with Gasteiger partial charge in [0.15, 0.2) is 5.69 Å². The molecule has 13 heteroatoms. The molecule has 6 nitrogen and oxygen atoms in total. The third-order valence-electron chi connectivity index (χ3n) is 6.25. The van der Waals surface area contributed by atoms with Crippen LogP contribution in [-0.2, 0) is 12.7 Å². The minimum Gasteiger partial charge on any atom is -0.368 e. The maximum atomic E-state index is 14.2. The highest BCUT2D eigenvalue weighted by atomic mass is 35.5. The lowest BCUT2D eigenvalue weighted by molar-refractivity contribution is -0.140. The van der Waals surface area contributed by atoms with Gasteiger partial charge in [0.2, 0.25) is 5.95 Å². The van der Waals surface area contributed by atoms with Crippen molar-refractivity contribution < 1.29 is 22.4 Å². The summed E-state index contributed by atoms with van der Waals surface area (Å²) in [6.45, 7) is 0.609. The Balaban J connectivity index is 1.63. The third-order valence-corrected chi connectivity index (χ3v) is 7.27. The first-order valence-corrected chi connectivity index (χ1v) is 12.1. The molecule has 0 aliphatic carbocycles. The number of hydrogen-bond acceptors (Lipinski definition) is 5. The number of nitrogen functional groups attached to an aromatic ring is 1. The zero-order valence-electron chi connectivity index (χ0n) is 19.2. The number of anilines is 1. The molecule has 3 aromatic rings. The monoisotopic (exact) mass is 575 g/mol. The van der Waals surface area contributed by atoms with Gasteiger partial charge in [-0.15, -0.1) is 0 Å². The molecule has 2 heterocycles. The number of amides is 1. The van der Waals surface area contributed by atoms with E-state index in [0.29, 0.717) is 15.6 Å². The van der Waals surface area contributed by atoms with Crippen LogP contribution in [-0.4, -0.2) is 51.9 Å². The molecule has 196 valence electrons. The minimum absolute atomic E-state index is 0.0438. The molecule has 37 heavy (non-hydrogen) atoms. The zero-order valence-corrected chi connectivity index (χ0v) is 21.5. The Bertz CT molecular complexity index is 1340. The molecule has 2 aromatic carbocycles. The van der Waals surface area contributed by atoms with Crippen LogP contribution in [0.1, 0.15) is 33.1 Å². The summed E-state index contributed by atoms with van der Waals surface area (Å²) < 4.78 is 53.1. The van der Waals surface area contributed by atoms with Crippen molar-refractivity contribution in [2.75, 3.05) is 25.9 Å². The van der Waals surface area contributed by atoms with Crippen LogP contribution in [0.2, 0.25) is 15.1 Å². The van der Waals surface area contributed by atoms with Gasteiger partial charge < -0.3 is 10.6 Å². The van der Waals surface area contributed by atoms with E-state index in [9.17, 15) is 22.4 Å². The Kier molecular flexibility index (Phi) is 7.85. The number of halogens is 7. The number of alkyl halides is 3. The number of likely N-dealkylation sites (N-methyl/N-ethyl adjacent to an activating group) is 1. The first-order valence-electron chi connectivity index (χ1n) is 10.9. The van der Waals surface area contributed by atoms with Crippen molar-refractivity contribution in [2.24, 2.45) is 0 Å². The lowest BCUT2D eigenvalue weighted by Gasteiger charge is -2.29. The maximum absolute atomic E-state index is 14.2. The van der Waals surface area contributed by atoms with Crippen LogP contribution in [0, 0.1) is 5.82 Å². The van der Waals surface area contributed by atoms with E-state index >= 15 is 0 Å². The van der Waals surface area contributed by atoms with Crippen molar-refractivity contribution in [3.05, 3.63) is 85.9 Å². The lowest BCUT2D eigenvalue weighted by atomic mass is 9.93. The van der Waals surface area contributed by atoms with Gasteiger partial charge in [-0.25, -0.2) is 14.4 Å². The average molecular weight is 577 g/mol. The minimum atomic E-state index is -4.79. The van der Waals surface area contributed by atoms with Gasteiger partial charge in [0, 0.05) is 31.6 Å². The SMILES string of the molecule is CN(Cc1ccc(C(F)(F)F)c(F)c1)[C@H]1CN(C(=O)c2nc(N)ncc2Cl)C[C@@H]1c1ccc(Cl)c(Cl)c1. The van der Waals surface area contributed by atoms with Gasteiger partial charge in [0.25, 0.3) is 5.91 Å². The summed E-state index contributed by atoms with van der Waals surface area (Å²) in [5.41, 5.74) is 5.41. The number of aromatic nitrogens is 2. The molecule has 1 saturated heterocycles. The number of hydrogen-bond donors (Lipinski definition) is 1. The smallest absolute Gasteiger partial charge is 0.368 e. The van der Waals surface area contributed by atoms with E-state index in [1.807, 2.05) is 4.90 Å². The molecule has 2 atom stereocenters. The van der Waals surface area contributed by atoms with Crippen molar-refractivity contribution in [3.63, 3.8) is 0 Å². The summed E-state index contributed by atoms with van der Waals surface area (Å²) in [6, 6.07) is 7.66. The molecule has 1 aromatic heterocycles. The normalized spacial score (nSPS) is 18.0. The Morgan fingerprint density at radius 2 is 1.84 bits per heavy atom. The number of rotatable bonds is 5. The van der Waals surface area contributed by atoms with E-state index in [1.165, 1.54) is 12.3 Å². The molecular weight excluding hydrogens is 557 g/mol. The number of benzene rings is 2. The van der Waals surface area contributed by atoms with E-state index in [1.54, 1.807) is 30.1 Å². The Morgan fingerprint density at radius 1 is 1.11 bits per heavy atom. The first-order chi connectivity index (χ1) is 17.3. The fourth-order valence-corrected chi connectivity index (χ4v) is 4.92. The largest absolute Gasteiger partial charge is 0.419 e. The fraction of sp³-hybridized carbons (Fsp3) is 0.292. The molecule has 1 aliphatic rings. The third kappa shape index (κ3) is 5.93. The fourth-order valence-electron chi connectivity index (χ4n) is 4.44. The van der Waals surface area contributed by atoms with Gasteiger partial charge >= 0.3 is 6.18 Å². The molecule has 0 radical (unpaired) electrons. The topological polar surface area (TPSA) is 75.3 Å². The van der Waals surface area contributed by atoms with Crippen molar-refractivity contribution >= 4 is 46.7 Å². The van der Waals surface area contributed by atoms with E-state index in [0.717, 1.165) is 17.7 Å². The standard InChI is InChI=1S/C24H20Cl3F4N5O/c1-35(9-12-2-4-15(19(28)6-12)24(29,30)31)20-11-36(22(37)21-18(27)8-33-23(32)34-21)10-14(20)13-3-5-16(25)17(26)7-13/h2-8,14,20H,9-11H2,1H3,(H2,32,33,34)/t14-,20+/m1/s1. The molecule has 0 spiro atoms. The molecule has 4 rings (SSSR count). The lowest BCUT2D eigenvalue weighted by Crippen LogP contribution is -2.38. The number of carbonyl (C=O) groups excluding carboxylic acids is 1. The van der Waals surface area contributed by atoms with Gasteiger partial charge in [-0.2, -0.15) is 13.2 Å². The highest BCUT2D eigenvalue weighted by molar-refractivity contribution is 6.42.